The predicted molar refractivity (Wildman–Crippen MR) is 142 cm³/mol. The number of nitrogens with one attached hydrogen (secondary N) is 2. The van der Waals surface area contributed by atoms with Crippen molar-refractivity contribution in [2.45, 2.75) is 72.4 Å². The van der Waals surface area contributed by atoms with Crippen LogP contribution in [-0.2, 0) is 11.3 Å². The van der Waals surface area contributed by atoms with E-state index in [-0.39, 0.29) is 36.4 Å². The van der Waals surface area contributed by atoms with Crippen molar-refractivity contribution in [3.8, 4) is 0 Å². The summed E-state index contributed by atoms with van der Waals surface area (Å²) in [5, 5.41) is 14.4. The van der Waals surface area contributed by atoms with E-state index in [0.29, 0.717) is 18.0 Å². The predicted octanol–water partition coefficient (Wildman–Crippen LogP) is 5.84. The fourth-order valence-electron chi connectivity index (χ4n) is 4.80. The van der Waals surface area contributed by atoms with E-state index in [0.717, 1.165) is 42.5 Å². The Morgan fingerprint density at radius 1 is 0.944 bits per heavy atom. The van der Waals surface area contributed by atoms with Crippen molar-refractivity contribution in [3.63, 3.8) is 0 Å². The Kier molecular flexibility index (Phi) is 9.13. The minimum absolute atomic E-state index is 0.0834. The highest BCUT2D eigenvalue weighted by Crippen LogP contribution is 2.39. The molecule has 0 aromatic heterocycles. The molecule has 0 saturated heterocycles. The first-order chi connectivity index (χ1) is 17.0. The number of urea groups is 1. The zero-order chi connectivity index (χ0) is 26.3. The van der Waals surface area contributed by atoms with Crippen LogP contribution in [0.25, 0.3) is 0 Å². The second-order valence-corrected chi connectivity index (χ2v) is 10.9. The molecule has 7 nitrogen and oxygen atoms in total. The van der Waals surface area contributed by atoms with Gasteiger partial charge in [-0.3, -0.25) is 9.59 Å². The van der Waals surface area contributed by atoms with Crippen molar-refractivity contribution in [3.05, 3.63) is 65.2 Å². The van der Waals surface area contributed by atoms with E-state index in [2.05, 4.69) is 31.4 Å². The first kappa shape index (κ1) is 27.2. The van der Waals surface area contributed by atoms with Crippen LogP contribution in [-0.4, -0.2) is 40.5 Å². The number of hydrogen-bond acceptors (Lipinski definition) is 3. The Bertz CT molecular complexity index is 1030. The smallest absolute Gasteiger partial charge is 0.322 e. The quantitative estimate of drug-likeness (QED) is 0.430. The average molecular weight is 494 g/mol. The van der Waals surface area contributed by atoms with Crippen LogP contribution in [0.15, 0.2) is 48.5 Å². The maximum Gasteiger partial charge on any atom is 0.322 e. The highest BCUT2D eigenvalue weighted by Gasteiger charge is 2.33. The van der Waals surface area contributed by atoms with Crippen molar-refractivity contribution in [1.29, 1.82) is 0 Å². The summed E-state index contributed by atoms with van der Waals surface area (Å²) >= 11 is 0. The van der Waals surface area contributed by atoms with Crippen LogP contribution in [0.5, 0.6) is 0 Å². The number of carbonyl (C=O) groups is 3. The Balaban J connectivity index is 1.71. The Morgan fingerprint density at radius 3 is 2.11 bits per heavy atom. The molecule has 2 aromatic carbocycles. The van der Waals surface area contributed by atoms with Gasteiger partial charge in [0, 0.05) is 30.4 Å². The van der Waals surface area contributed by atoms with E-state index in [4.69, 9.17) is 5.11 Å². The van der Waals surface area contributed by atoms with Crippen molar-refractivity contribution in [2.75, 3.05) is 11.9 Å². The van der Waals surface area contributed by atoms with E-state index in [1.165, 1.54) is 0 Å². The molecule has 3 amide bonds. The number of hydrogen-bond donors (Lipinski definition) is 3. The van der Waals surface area contributed by atoms with E-state index in [1.807, 2.05) is 48.2 Å². The lowest BCUT2D eigenvalue weighted by Crippen LogP contribution is -2.45. The third-order valence-electron chi connectivity index (χ3n) is 7.12. The van der Waals surface area contributed by atoms with Gasteiger partial charge in [0.25, 0.3) is 5.91 Å². The van der Waals surface area contributed by atoms with Gasteiger partial charge in [0.15, 0.2) is 0 Å². The molecule has 36 heavy (non-hydrogen) atoms. The van der Waals surface area contributed by atoms with Crippen LogP contribution in [0.3, 0.4) is 0 Å². The van der Waals surface area contributed by atoms with Crippen LogP contribution in [0.2, 0.25) is 0 Å². The fourth-order valence-corrected chi connectivity index (χ4v) is 4.80. The van der Waals surface area contributed by atoms with E-state index in [1.54, 1.807) is 12.1 Å². The summed E-state index contributed by atoms with van der Waals surface area (Å²) in [5.74, 6) is -0.613. The SMILES string of the molecule is Cc1ccc(NC(=O)N(Cc2ccc(C(=O)NCCC(=O)O)cc2)C2CCC(C(C)(C)C)CC2)cc1. The number of aryl methyl sites for hydroxylation is 1. The molecule has 0 heterocycles. The molecule has 1 aliphatic rings. The molecular formula is C29H39N3O4. The van der Waals surface area contributed by atoms with Gasteiger partial charge < -0.3 is 20.6 Å². The maximum absolute atomic E-state index is 13.4. The monoisotopic (exact) mass is 493 g/mol. The minimum Gasteiger partial charge on any atom is -0.481 e. The van der Waals surface area contributed by atoms with Crippen LogP contribution in [0.1, 0.15) is 74.4 Å². The summed E-state index contributed by atoms with van der Waals surface area (Å²) in [7, 11) is 0. The van der Waals surface area contributed by atoms with Crippen molar-refractivity contribution in [2.24, 2.45) is 11.3 Å². The van der Waals surface area contributed by atoms with Gasteiger partial charge in [-0.25, -0.2) is 4.79 Å². The number of rotatable bonds is 8. The molecule has 1 saturated carbocycles. The van der Waals surface area contributed by atoms with E-state index >= 15 is 0 Å². The van der Waals surface area contributed by atoms with Gasteiger partial charge in [-0.2, -0.15) is 0 Å². The lowest BCUT2D eigenvalue weighted by Gasteiger charge is -2.41. The van der Waals surface area contributed by atoms with Gasteiger partial charge in [0.05, 0.1) is 6.42 Å². The second-order valence-electron chi connectivity index (χ2n) is 10.9. The lowest BCUT2D eigenvalue weighted by molar-refractivity contribution is -0.136. The van der Waals surface area contributed by atoms with E-state index < -0.39 is 5.97 Å². The molecule has 0 bridgehead atoms. The van der Waals surface area contributed by atoms with Gasteiger partial charge in [-0.1, -0.05) is 50.6 Å². The van der Waals surface area contributed by atoms with Crippen molar-refractivity contribution >= 4 is 23.6 Å². The number of carboxylic acid groups (broad SMARTS) is 1. The summed E-state index contributed by atoms with van der Waals surface area (Å²) in [6.07, 6.45) is 4.00. The van der Waals surface area contributed by atoms with Crippen LogP contribution >= 0.6 is 0 Å². The Hall–Kier alpha value is -3.35. The molecule has 2 aromatic rings. The molecule has 0 spiro atoms. The summed E-state index contributed by atoms with van der Waals surface area (Å²) in [6, 6.07) is 15.0. The normalized spacial score (nSPS) is 17.8. The zero-order valence-corrected chi connectivity index (χ0v) is 21.8. The second kappa shape index (κ2) is 12.1. The molecule has 1 fully saturated rings. The average Bonchev–Trinajstić information content (AvgIpc) is 2.83. The maximum atomic E-state index is 13.4. The summed E-state index contributed by atoms with van der Waals surface area (Å²) < 4.78 is 0. The number of carbonyl (C=O) groups excluding carboxylic acids is 2. The first-order valence-corrected chi connectivity index (χ1v) is 12.8. The van der Waals surface area contributed by atoms with E-state index in [9.17, 15) is 14.4 Å². The Labute approximate surface area is 214 Å². The van der Waals surface area contributed by atoms with Gasteiger partial charge in [-0.05, 0) is 73.8 Å². The van der Waals surface area contributed by atoms with Gasteiger partial charge in [-0.15, -0.1) is 0 Å². The van der Waals surface area contributed by atoms with Crippen molar-refractivity contribution in [1.82, 2.24) is 10.2 Å². The molecular weight excluding hydrogens is 454 g/mol. The standard InChI is InChI=1S/C29H39N3O4/c1-20-5-13-24(14-6-20)31-28(36)32(25-15-11-23(12-16-25)29(2,3)4)19-21-7-9-22(10-8-21)27(35)30-18-17-26(33)34/h5-10,13-14,23,25H,11-12,15-19H2,1-4H3,(H,30,35)(H,31,36)(H,33,34). The molecule has 0 atom stereocenters. The van der Waals surface area contributed by atoms with Crippen LogP contribution in [0, 0.1) is 18.3 Å². The Morgan fingerprint density at radius 2 is 1.56 bits per heavy atom. The molecule has 3 N–H and O–H groups in total. The minimum atomic E-state index is -0.953. The fraction of sp³-hybridized carbons (Fsp3) is 0.483. The third kappa shape index (κ3) is 7.83. The molecule has 0 unspecified atom stereocenters. The van der Waals surface area contributed by atoms with Crippen LogP contribution in [0.4, 0.5) is 10.5 Å². The number of aliphatic carboxylic acids is 1. The first-order valence-electron chi connectivity index (χ1n) is 12.8. The summed E-state index contributed by atoms with van der Waals surface area (Å²) in [6.45, 7) is 9.42. The molecule has 1 aliphatic carbocycles. The molecule has 0 radical (unpaired) electrons. The number of carboxylic acids is 1. The van der Waals surface area contributed by atoms with Gasteiger partial charge in [0.2, 0.25) is 0 Å². The number of amides is 3. The summed E-state index contributed by atoms with van der Waals surface area (Å²) in [5.41, 5.74) is 3.57. The van der Waals surface area contributed by atoms with Crippen LogP contribution < -0.4 is 10.6 Å². The molecule has 0 aliphatic heterocycles. The largest absolute Gasteiger partial charge is 0.481 e. The number of anilines is 1. The number of benzene rings is 2. The van der Waals surface area contributed by atoms with Gasteiger partial charge in [0.1, 0.15) is 0 Å². The summed E-state index contributed by atoms with van der Waals surface area (Å²) in [4.78, 5) is 38.3. The molecule has 3 rings (SSSR count). The highest BCUT2D eigenvalue weighted by molar-refractivity contribution is 5.94. The topological polar surface area (TPSA) is 98.7 Å². The van der Waals surface area contributed by atoms with Gasteiger partial charge >= 0.3 is 12.0 Å². The van der Waals surface area contributed by atoms with Crippen molar-refractivity contribution < 1.29 is 19.5 Å². The lowest BCUT2D eigenvalue weighted by atomic mass is 9.71. The molecule has 194 valence electrons. The highest BCUT2D eigenvalue weighted by atomic mass is 16.4. The zero-order valence-electron chi connectivity index (χ0n) is 21.8. The molecule has 7 heteroatoms. The number of nitrogens with zero attached hydrogens (tertiary/aromatic N) is 1. The third-order valence-corrected chi connectivity index (χ3v) is 7.12.